The number of rotatable bonds is 2. The molecule has 1 unspecified atom stereocenters. The van der Waals surface area contributed by atoms with Crippen molar-refractivity contribution in [2.75, 3.05) is 4.90 Å². The zero-order chi connectivity index (χ0) is 16.4. The lowest BCUT2D eigenvalue weighted by atomic mass is 9.97. The Morgan fingerprint density at radius 3 is 2.83 bits per heavy atom. The van der Waals surface area contributed by atoms with Gasteiger partial charge in [0.25, 0.3) is 0 Å². The zero-order valence-corrected chi connectivity index (χ0v) is 14.3. The Morgan fingerprint density at radius 2 is 2.09 bits per heavy atom. The van der Waals surface area contributed by atoms with Crippen molar-refractivity contribution in [3.63, 3.8) is 0 Å². The number of hydrogen-bond acceptors (Lipinski definition) is 2. The Morgan fingerprint density at radius 1 is 1.35 bits per heavy atom. The van der Waals surface area contributed by atoms with Crippen LogP contribution in [0.15, 0.2) is 46.9 Å². The first-order chi connectivity index (χ1) is 11.1. The van der Waals surface area contributed by atoms with Crippen LogP contribution in [0.3, 0.4) is 0 Å². The largest absolute Gasteiger partial charge is 0.444 e. The second kappa shape index (κ2) is 6.71. The summed E-state index contributed by atoms with van der Waals surface area (Å²) in [7, 11) is 0. The number of halogens is 2. The molecular formula is C18H17BrFNO2. The number of fused-ring (bicyclic) bond motifs is 1. The van der Waals surface area contributed by atoms with E-state index in [0.717, 1.165) is 29.7 Å². The van der Waals surface area contributed by atoms with E-state index in [2.05, 4.69) is 15.9 Å². The van der Waals surface area contributed by atoms with Gasteiger partial charge in [0.2, 0.25) is 0 Å². The lowest BCUT2D eigenvalue weighted by Gasteiger charge is -2.34. The van der Waals surface area contributed by atoms with Gasteiger partial charge in [0, 0.05) is 6.04 Å². The van der Waals surface area contributed by atoms with Crippen LogP contribution in [-0.2, 0) is 17.8 Å². The van der Waals surface area contributed by atoms with Crippen LogP contribution in [0.5, 0.6) is 0 Å². The van der Waals surface area contributed by atoms with E-state index in [-0.39, 0.29) is 18.5 Å². The van der Waals surface area contributed by atoms with Crippen molar-refractivity contribution < 1.29 is 13.9 Å². The predicted octanol–water partition coefficient (Wildman–Crippen LogP) is 5.07. The second-order valence-electron chi connectivity index (χ2n) is 5.69. The molecule has 23 heavy (non-hydrogen) atoms. The maximum Gasteiger partial charge on any atom is 0.414 e. The molecule has 2 aromatic carbocycles. The van der Waals surface area contributed by atoms with Gasteiger partial charge in [-0.2, -0.15) is 0 Å². The third-order valence-electron chi connectivity index (χ3n) is 4.06. The summed E-state index contributed by atoms with van der Waals surface area (Å²) in [5.41, 5.74) is 2.49. The van der Waals surface area contributed by atoms with Crippen molar-refractivity contribution in [3.8, 4) is 0 Å². The van der Waals surface area contributed by atoms with Gasteiger partial charge in [-0.05, 0) is 59.0 Å². The van der Waals surface area contributed by atoms with E-state index in [1.807, 2.05) is 37.3 Å². The van der Waals surface area contributed by atoms with Crippen LogP contribution in [0.25, 0.3) is 0 Å². The Hall–Kier alpha value is -1.88. The first-order valence-electron chi connectivity index (χ1n) is 7.54. The fourth-order valence-electron chi connectivity index (χ4n) is 2.80. The highest BCUT2D eigenvalue weighted by Crippen LogP contribution is 2.35. The highest BCUT2D eigenvalue weighted by atomic mass is 79.9. The molecule has 3 nitrogen and oxygen atoms in total. The third-order valence-corrected chi connectivity index (χ3v) is 4.66. The summed E-state index contributed by atoms with van der Waals surface area (Å²) in [6, 6.07) is 12.7. The van der Waals surface area contributed by atoms with Crippen LogP contribution < -0.4 is 4.90 Å². The molecule has 1 heterocycles. The molecule has 0 saturated heterocycles. The molecule has 1 aliphatic rings. The topological polar surface area (TPSA) is 29.5 Å². The lowest BCUT2D eigenvalue weighted by molar-refractivity contribution is 0.144. The van der Waals surface area contributed by atoms with Gasteiger partial charge >= 0.3 is 6.09 Å². The van der Waals surface area contributed by atoms with Gasteiger partial charge in [-0.25, -0.2) is 9.18 Å². The van der Waals surface area contributed by atoms with Gasteiger partial charge in [0.15, 0.2) is 0 Å². The summed E-state index contributed by atoms with van der Waals surface area (Å²) in [6.07, 6.45) is 1.14. The Kier molecular flexibility index (Phi) is 4.66. The van der Waals surface area contributed by atoms with Crippen molar-refractivity contribution in [2.45, 2.75) is 32.4 Å². The summed E-state index contributed by atoms with van der Waals surface area (Å²) < 4.78 is 19.5. The number of nitrogens with zero attached hydrogens (tertiary/aromatic N) is 1. The van der Waals surface area contributed by atoms with Crippen molar-refractivity contribution in [1.82, 2.24) is 0 Å². The molecule has 5 heteroatoms. The molecule has 0 radical (unpaired) electrons. The van der Waals surface area contributed by atoms with Gasteiger partial charge in [0.1, 0.15) is 12.4 Å². The number of anilines is 1. The van der Waals surface area contributed by atoms with Crippen LogP contribution in [0.1, 0.15) is 24.5 Å². The van der Waals surface area contributed by atoms with Gasteiger partial charge in [-0.15, -0.1) is 0 Å². The van der Waals surface area contributed by atoms with Crippen LogP contribution in [-0.4, -0.2) is 12.1 Å². The van der Waals surface area contributed by atoms with Crippen molar-refractivity contribution in [1.29, 1.82) is 0 Å². The number of amides is 1. The summed E-state index contributed by atoms with van der Waals surface area (Å²) in [5, 5.41) is 0. The van der Waals surface area contributed by atoms with Crippen LogP contribution in [0.2, 0.25) is 0 Å². The Labute approximate surface area is 143 Å². The van der Waals surface area contributed by atoms with Crippen molar-refractivity contribution in [3.05, 3.63) is 63.9 Å². The molecule has 0 bridgehead atoms. The molecule has 0 fully saturated rings. The number of carbonyl (C=O) groups is 1. The summed E-state index contributed by atoms with van der Waals surface area (Å²) in [5.74, 6) is -0.309. The fourth-order valence-corrected chi connectivity index (χ4v) is 3.13. The number of ether oxygens (including phenoxy) is 1. The fraction of sp³-hybridized carbons (Fsp3) is 0.278. The standard InChI is InChI=1S/C18H17BrFNO2/c1-12-7-8-14-9-16(20)15(19)10-17(14)21(12)18(22)23-11-13-5-3-2-4-6-13/h2-6,9-10,12H,7-8,11H2,1H3. The molecule has 0 saturated carbocycles. The molecule has 1 amide bonds. The number of benzene rings is 2. The minimum absolute atomic E-state index is 0.0168. The summed E-state index contributed by atoms with van der Waals surface area (Å²) in [6.45, 7) is 2.20. The van der Waals surface area contributed by atoms with Crippen LogP contribution in [0.4, 0.5) is 14.9 Å². The molecule has 0 N–H and O–H groups in total. The van der Waals surface area contributed by atoms with Crippen molar-refractivity contribution >= 4 is 27.7 Å². The van der Waals surface area contributed by atoms with Gasteiger partial charge in [0.05, 0.1) is 10.2 Å². The number of carbonyl (C=O) groups excluding carboxylic acids is 1. The lowest BCUT2D eigenvalue weighted by Crippen LogP contribution is -2.42. The van der Waals surface area contributed by atoms with E-state index < -0.39 is 6.09 Å². The third kappa shape index (κ3) is 3.39. The maximum atomic E-state index is 13.7. The second-order valence-corrected chi connectivity index (χ2v) is 6.55. The SMILES string of the molecule is CC1CCc2cc(F)c(Br)cc2N1C(=O)OCc1ccccc1. The number of hydrogen-bond donors (Lipinski definition) is 0. The molecule has 0 aliphatic carbocycles. The van der Waals surface area contributed by atoms with Crippen LogP contribution >= 0.6 is 15.9 Å². The monoisotopic (exact) mass is 377 g/mol. The highest BCUT2D eigenvalue weighted by Gasteiger charge is 2.30. The molecule has 0 aromatic heterocycles. The smallest absolute Gasteiger partial charge is 0.414 e. The summed E-state index contributed by atoms with van der Waals surface area (Å²) >= 11 is 3.19. The van der Waals surface area contributed by atoms with Crippen LogP contribution in [0, 0.1) is 5.82 Å². The average molecular weight is 378 g/mol. The zero-order valence-electron chi connectivity index (χ0n) is 12.8. The molecule has 2 aromatic rings. The van der Waals surface area contributed by atoms with E-state index in [1.165, 1.54) is 6.07 Å². The maximum absolute atomic E-state index is 13.7. The van der Waals surface area contributed by atoms with Gasteiger partial charge in [-0.3, -0.25) is 4.90 Å². The number of aryl methyl sites for hydroxylation is 1. The molecule has 0 spiro atoms. The van der Waals surface area contributed by atoms with Crippen molar-refractivity contribution in [2.24, 2.45) is 0 Å². The first-order valence-corrected chi connectivity index (χ1v) is 8.33. The van der Waals surface area contributed by atoms with Gasteiger partial charge in [-0.1, -0.05) is 30.3 Å². The highest BCUT2D eigenvalue weighted by molar-refractivity contribution is 9.10. The first kappa shape index (κ1) is 16.0. The van der Waals surface area contributed by atoms with E-state index in [0.29, 0.717) is 4.47 Å². The Balaban J connectivity index is 1.81. The summed E-state index contributed by atoms with van der Waals surface area (Å²) in [4.78, 5) is 14.2. The van der Waals surface area contributed by atoms with E-state index in [4.69, 9.17) is 4.74 Å². The minimum atomic E-state index is -0.402. The van der Waals surface area contributed by atoms with E-state index >= 15 is 0 Å². The quantitative estimate of drug-likeness (QED) is 0.731. The molecule has 120 valence electrons. The van der Waals surface area contributed by atoms with Gasteiger partial charge < -0.3 is 4.74 Å². The average Bonchev–Trinajstić information content (AvgIpc) is 2.55. The minimum Gasteiger partial charge on any atom is -0.444 e. The molecule has 1 aliphatic heterocycles. The Bertz CT molecular complexity index is 720. The molecule has 1 atom stereocenters. The molecule has 3 rings (SSSR count). The van der Waals surface area contributed by atoms with E-state index in [9.17, 15) is 9.18 Å². The van der Waals surface area contributed by atoms with E-state index in [1.54, 1.807) is 11.0 Å². The normalized spacial score (nSPS) is 16.8. The predicted molar refractivity (Wildman–Crippen MR) is 91.0 cm³/mol. The molecular weight excluding hydrogens is 361 g/mol.